The van der Waals surface area contributed by atoms with Crippen LogP contribution in [0.15, 0.2) is 23.1 Å². The minimum absolute atomic E-state index is 0.196. The first-order valence-electron chi connectivity index (χ1n) is 6.63. The summed E-state index contributed by atoms with van der Waals surface area (Å²) in [6.07, 6.45) is 1.44. The molecule has 1 fully saturated rings. The Morgan fingerprint density at radius 2 is 1.90 bits per heavy atom. The maximum atomic E-state index is 13.2. The number of hydrogen-bond acceptors (Lipinski definition) is 3. The molecular formula is C13H18F2N2O2S. The Kier molecular flexibility index (Phi) is 4.72. The van der Waals surface area contributed by atoms with Gasteiger partial charge in [-0.3, -0.25) is 0 Å². The summed E-state index contributed by atoms with van der Waals surface area (Å²) in [5.74, 6) is -2.19. The molecule has 1 saturated heterocycles. The average molecular weight is 304 g/mol. The maximum absolute atomic E-state index is 13.2. The molecule has 0 unspecified atom stereocenters. The standard InChI is InChI=1S/C13H18F2N2O2S/c1-2-16-10-5-7-17(8-6-10)20(18,19)11-3-4-12(14)13(15)9-11/h3-4,9-10,16H,2,5-8H2,1H3. The first-order valence-corrected chi connectivity index (χ1v) is 8.07. The van der Waals surface area contributed by atoms with Crippen molar-refractivity contribution in [2.75, 3.05) is 19.6 Å². The van der Waals surface area contributed by atoms with Crippen LogP contribution in [0.25, 0.3) is 0 Å². The minimum atomic E-state index is -3.74. The van der Waals surface area contributed by atoms with E-state index >= 15 is 0 Å². The molecule has 1 aliphatic rings. The van der Waals surface area contributed by atoms with Gasteiger partial charge in [0.1, 0.15) is 0 Å². The molecule has 0 radical (unpaired) electrons. The highest BCUT2D eigenvalue weighted by Gasteiger charge is 2.29. The van der Waals surface area contributed by atoms with Gasteiger partial charge in [-0.05, 0) is 37.6 Å². The summed E-state index contributed by atoms with van der Waals surface area (Å²) in [4.78, 5) is -0.196. The molecule has 0 bridgehead atoms. The maximum Gasteiger partial charge on any atom is 0.243 e. The zero-order valence-electron chi connectivity index (χ0n) is 11.3. The molecule has 20 heavy (non-hydrogen) atoms. The van der Waals surface area contributed by atoms with E-state index in [9.17, 15) is 17.2 Å². The quantitative estimate of drug-likeness (QED) is 0.921. The van der Waals surface area contributed by atoms with E-state index in [-0.39, 0.29) is 4.90 Å². The predicted octanol–water partition coefficient (Wildman–Crippen LogP) is 1.73. The number of nitrogens with zero attached hydrogens (tertiary/aromatic N) is 1. The van der Waals surface area contributed by atoms with Crippen molar-refractivity contribution in [2.45, 2.75) is 30.7 Å². The lowest BCUT2D eigenvalue weighted by atomic mass is 10.1. The molecule has 1 N–H and O–H groups in total. The van der Waals surface area contributed by atoms with E-state index in [0.717, 1.165) is 37.6 Å². The summed E-state index contributed by atoms with van der Waals surface area (Å²) in [7, 11) is -3.74. The van der Waals surface area contributed by atoms with E-state index in [2.05, 4.69) is 5.32 Å². The van der Waals surface area contributed by atoms with Gasteiger partial charge in [0.2, 0.25) is 10.0 Å². The highest BCUT2D eigenvalue weighted by Crippen LogP contribution is 2.22. The topological polar surface area (TPSA) is 49.4 Å². The van der Waals surface area contributed by atoms with Crippen LogP contribution in [0.3, 0.4) is 0 Å². The number of hydrogen-bond donors (Lipinski definition) is 1. The van der Waals surface area contributed by atoms with Gasteiger partial charge in [0.05, 0.1) is 4.90 Å². The van der Waals surface area contributed by atoms with Crippen molar-refractivity contribution in [3.63, 3.8) is 0 Å². The smallest absolute Gasteiger partial charge is 0.243 e. The summed E-state index contributed by atoms with van der Waals surface area (Å²) in [5.41, 5.74) is 0. The van der Waals surface area contributed by atoms with Gasteiger partial charge in [-0.15, -0.1) is 0 Å². The van der Waals surface area contributed by atoms with Gasteiger partial charge in [-0.25, -0.2) is 17.2 Å². The molecule has 1 aromatic carbocycles. The molecular weight excluding hydrogens is 286 g/mol. The first kappa shape index (κ1) is 15.3. The van der Waals surface area contributed by atoms with Crippen molar-refractivity contribution >= 4 is 10.0 Å². The largest absolute Gasteiger partial charge is 0.314 e. The Balaban J connectivity index is 2.13. The Morgan fingerprint density at radius 1 is 1.25 bits per heavy atom. The predicted molar refractivity (Wildman–Crippen MR) is 71.8 cm³/mol. The second-order valence-corrected chi connectivity index (χ2v) is 6.75. The third kappa shape index (κ3) is 3.16. The molecule has 0 aromatic heterocycles. The summed E-state index contributed by atoms with van der Waals surface area (Å²) in [6.45, 7) is 3.63. The Morgan fingerprint density at radius 3 is 2.45 bits per heavy atom. The minimum Gasteiger partial charge on any atom is -0.314 e. The zero-order chi connectivity index (χ0) is 14.8. The Labute approximate surface area is 117 Å². The zero-order valence-corrected chi connectivity index (χ0v) is 12.1. The summed E-state index contributed by atoms with van der Waals surface area (Å²) in [5, 5.41) is 3.28. The average Bonchev–Trinajstić information content (AvgIpc) is 2.43. The summed E-state index contributed by atoms with van der Waals surface area (Å²) in [6, 6.07) is 3.00. The van der Waals surface area contributed by atoms with E-state index in [1.165, 1.54) is 4.31 Å². The summed E-state index contributed by atoms with van der Waals surface area (Å²) >= 11 is 0. The van der Waals surface area contributed by atoms with Gasteiger partial charge in [0.25, 0.3) is 0 Å². The third-order valence-corrected chi connectivity index (χ3v) is 5.37. The van der Waals surface area contributed by atoms with E-state index in [4.69, 9.17) is 0 Å². The molecule has 0 atom stereocenters. The van der Waals surface area contributed by atoms with Crippen LogP contribution in [-0.2, 0) is 10.0 Å². The molecule has 0 aliphatic carbocycles. The van der Waals surface area contributed by atoms with Crippen molar-refractivity contribution in [1.82, 2.24) is 9.62 Å². The highest BCUT2D eigenvalue weighted by molar-refractivity contribution is 7.89. The second-order valence-electron chi connectivity index (χ2n) is 4.81. The van der Waals surface area contributed by atoms with Crippen LogP contribution in [0.4, 0.5) is 8.78 Å². The van der Waals surface area contributed by atoms with Crippen molar-refractivity contribution in [3.05, 3.63) is 29.8 Å². The highest BCUT2D eigenvalue weighted by atomic mass is 32.2. The lowest BCUT2D eigenvalue weighted by Crippen LogP contribution is -2.44. The van der Waals surface area contributed by atoms with Crippen molar-refractivity contribution < 1.29 is 17.2 Å². The lowest BCUT2D eigenvalue weighted by molar-refractivity contribution is 0.292. The van der Waals surface area contributed by atoms with Gasteiger partial charge in [0, 0.05) is 19.1 Å². The number of halogens is 2. The molecule has 1 aliphatic heterocycles. The number of nitrogens with one attached hydrogen (secondary N) is 1. The second kappa shape index (κ2) is 6.15. The van der Waals surface area contributed by atoms with E-state index in [1.54, 1.807) is 0 Å². The van der Waals surface area contributed by atoms with Crippen LogP contribution < -0.4 is 5.32 Å². The Hall–Kier alpha value is -1.05. The van der Waals surface area contributed by atoms with Crippen molar-refractivity contribution in [1.29, 1.82) is 0 Å². The van der Waals surface area contributed by atoms with Crippen molar-refractivity contribution in [3.8, 4) is 0 Å². The molecule has 0 amide bonds. The van der Waals surface area contributed by atoms with Crippen LogP contribution in [0.5, 0.6) is 0 Å². The number of sulfonamides is 1. The number of piperidine rings is 1. The SMILES string of the molecule is CCNC1CCN(S(=O)(=O)c2ccc(F)c(F)c2)CC1. The van der Waals surface area contributed by atoms with Gasteiger partial charge in [0.15, 0.2) is 11.6 Å². The molecule has 0 saturated carbocycles. The number of rotatable bonds is 4. The van der Waals surface area contributed by atoms with Crippen LogP contribution in [0.1, 0.15) is 19.8 Å². The number of benzene rings is 1. The van der Waals surface area contributed by atoms with Gasteiger partial charge < -0.3 is 5.32 Å². The van der Waals surface area contributed by atoms with E-state index in [1.807, 2.05) is 6.92 Å². The van der Waals surface area contributed by atoms with Crippen molar-refractivity contribution in [2.24, 2.45) is 0 Å². The molecule has 1 heterocycles. The molecule has 4 nitrogen and oxygen atoms in total. The molecule has 112 valence electrons. The van der Waals surface area contributed by atoms with E-state index in [0.29, 0.717) is 19.1 Å². The van der Waals surface area contributed by atoms with Gasteiger partial charge >= 0.3 is 0 Å². The first-order chi connectivity index (χ1) is 9.45. The van der Waals surface area contributed by atoms with Crippen LogP contribution in [0, 0.1) is 11.6 Å². The molecule has 7 heteroatoms. The lowest BCUT2D eigenvalue weighted by Gasteiger charge is -2.31. The summed E-state index contributed by atoms with van der Waals surface area (Å²) < 4.78 is 52.0. The third-order valence-electron chi connectivity index (χ3n) is 3.48. The van der Waals surface area contributed by atoms with Crippen LogP contribution in [-0.4, -0.2) is 38.4 Å². The fraction of sp³-hybridized carbons (Fsp3) is 0.538. The van der Waals surface area contributed by atoms with Gasteiger partial charge in [-0.2, -0.15) is 4.31 Å². The molecule has 2 rings (SSSR count). The van der Waals surface area contributed by atoms with E-state index < -0.39 is 21.7 Å². The normalized spacial score (nSPS) is 18.4. The fourth-order valence-corrected chi connectivity index (χ4v) is 3.86. The molecule has 1 aromatic rings. The Bertz CT molecular complexity index is 570. The van der Waals surface area contributed by atoms with Gasteiger partial charge in [-0.1, -0.05) is 6.92 Å². The molecule has 0 spiro atoms. The monoisotopic (exact) mass is 304 g/mol. The van der Waals surface area contributed by atoms with Crippen LogP contribution in [0.2, 0.25) is 0 Å². The van der Waals surface area contributed by atoms with Crippen LogP contribution >= 0.6 is 0 Å². The fourth-order valence-electron chi connectivity index (χ4n) is 2.38.